The molecule has 0 radical (unpaired) electrons. The van der Waals surface area contributed by atoms with Gasteiger partial charge in [-0.2, -0.15) is 5.10 Å². The lowest BCUT2D eigenvalue weighted by Crippen LogP contribution is -2.46. The molecule has 0 bridgehead atoms. The highest BCUT2D eigenvalue weighted by molar-refractivity contribution is 6.24. The van der Waals surface area contributed by atoms with Gasteiger partial charge < -0.3 is 0 Å². The van der Waals surface area contributed by atoms with Gasteiger partial charge in [-0.3, -0.25) is 19.4 Å². The third-order valence-corrected chi connectivity index (χ3v) is 5.71. The second-order valence-electron chi connectivity index (χ2n) is 7.21. The second-order valence-corrected chi connectivity index (χ2v) is 7.21. The van der Waals surface area contributed by atoms with E-state index < -0.39 is 41.6 Å². The number of Topliss-reactive ketones (excluding diaryl/α,β-unsaturated/α-hetero) is 1. The van der Waals surface area contributed by atoms with Crippen molar-refractivity contribution in [1.82, 2.24) is 5.01 Å². The van der Waals surface area contributed by atoms with Gasteiger partial charge in [0.1, 0.15) is 11.9 Å². The highest BCUT2D eigenvalue weighted by Gasteiger charge is 2.64. The van der Waals surface area contributed by atoms with E-state index in [1.165, 1.54) is 24.4 Å². The summed E-state index contributed by atoms with van der Waals surface area (Å²) in [7, 11) is 0. The minimum Gasteiger partial charge on any atom is -0.292 e. The number of imide groups is 1. The Balaban J connectivity index is 1.61. The average molecular weight is 389 g/mol. The normalized spacial score (nSPS) is 27.3. The summed E-state index contributed by atoms with van der Waals surface area (Å²) in [5.41, 5.74) is 0.351. The number of halogens is 1. The summed E-state index contributed by atoms with van der Waals surface area (Å²) in [6.45, 7) is 0. The molecule has 2 aromatic rings. The van der Waals surface area contributed by atoms with Crippen LogP contribution in [0.4, 0.5) is 10.1 Å². The van der Waals surface area contributed by atoms with Gasteiger partial charge in [-0.1, -0.05) is 48.5 Å². The van der Waals surface area contributed by atoms with Crippen LogP contribution in [0.15, 0.2) is 71.9 Å². The lowest BCUT2D eigenvalue weighted by atomic mass is 9.86. The van der Waals surface area contributed by atoms with Gasteiger partial charge in [-0.05, 0) is 18.2 Å². The number of hydrogen-bond donors (Lipinski definition) is 0. The second kappa shape index (κ2) is 6.48. The lowest BCUT2D eigenvalue weighted by molar-refractivity contribution is -0.123. The van der Waals surface area contributed by atoms with E-state index in [-0.39, 0.29) is 11.5 Å². The number of hydrazone groups is 1. The number of carbonyl (C=O) groups excluding carboxylic acids is 3. The first-order valence-electron chi connectivity index (χ1n) is 9.30. The van der Waals surface area contributed by atoms with E-state index in [9.17, 15) is 18.8 Å². The maximum atomic E-state index is 14.4. The quantitative estimate of drug-likeness (QED) is 0.597. The molecule has 0 N–H and O–H groups in total. The van der Waals surface area contributed by atoms with Crippen LogP contribution in [-0.4, -0.2) is 40.9 Å². The van der Waals surface area contributed by atoms with Crippen LogP contribution in [0.1, 0.15) is 10.4 Å². The van der Waals surface area contributed by atoms with Crippen LogP contribution in [0.2, 0.25) is 0 Å². The molecule has 3 aliphatic rings. The Kier molecular flexibility index (Phi) is 3.91. The summed E-state index contributed by atoms with van der Waals surface area (Å²) in [6.07, 6.45) is 4.99. The molecular weight excluding hydrogens is 373 g/mol. The molecule has 29 heavy (non-hydrogen) atoms. The maximum absolute atomic E-state index is 14.4. The third kappa shape index (κ3) is 2.47. The Hall–Kier alpha value is -3.61. The summed E-state index contributed by atoms with van der Waals surface area (Å²) in [5.74, 6) is -3.75. The van der Waals surface area contributed by atoms with E-state index in [0.29, 0.717) is 5.56 Å². The molecule has 0 aliphatic carbocycles. The highest BCUT2D eigenvalue weighted by atomic mass is 19.1. The molecule has 2 aromatic carbocycles. The van der Waals surface area contributed by atoms with E-state index in [2.05, 4.69) is 5.10 Å². The first-order valence-corrected chi connectivity index (χ1v) is 9.30. The van der Waals surface area contributed by atoms with Gasteiger partial charge in [0, 0.05) is 11.8 Å². The standard InChI is InChI=1S/C22H16FN3O3/c23-14-9-4-5-10-15(14)25-21(28)17-16-11-6-12-24-26(16)19(18(17)22(25)29)20(27)13-7-2-1-3-8-13/h1-12,16-19H/t16-,17-,18-,19-/m0/s1. The zero-order valence-electron chi connectivity index (χ0n) is 15.2. The SMILES string of the molecule is O=C(c1ccccc1)[C@@H]1[C@H]2C(=O)N(c3ccccc3F)C(=O)[C@H]2[C@@H]2C=CC=NN12. The van der Waals surface area contributed by atoms with Crippen LogP contribution < -0.4 is 4.90 Å². The first kappa shape index (κ1) is 17.5. The highest BCUT2D eigenvalue weighted by Crippen LogP contribution is 2.46. The number of nitrogens with zero attached hydrogens (tertiary/aromatic N) is 3. The van der Waals surface area contributed by atoms with Crippen LogP contribution in [0.5, 0.6) is 0 Å². The Morgan fingerprint density at radius 1 is 0.931 bits per heavy atom. The smallest absolute Gasteiger partial charge is 0.240 e. The zero-order chi connectivity index (χ0) is 20.1. The Bertz CT molecular complexity index is 1080. The number of rotatable bonds is 3. The van der Waals surface area contributed by atoms with Crippen molar-refractivity contribution in [2.24, 2.45) is 16.9 Å². The van der Waals surface area contributed by atoms with Crippen molar-refractivity contribution in [3.8, 4) is 0 Å². The molecule has 2 fully saturated rings. The van der Waals surface area contributed by atoms with Crippen LogP contribution in [0.25, 0.3) is 0 Å². The number of anilines is 1. The van der Waals surface area contributed by atoms with Crippen LogP contribution in [0.3, 0.4) is 0 Å². The Morgan fingerprint density at radius 3 is 2.38 bits per heavy atom. The number of amides is 2. The van der Waals surface area contributed by atoms with Crippen molar-refractivity contribution in [2.75, 3.05) is 4.90 Å². The van der Waals surface area contributed by atoms with Crippen molar-refractivity contribution in [2.45, 2.75) is 12.1 Å². The van der Waals surface area contributed by atoms with Crippen LogP contribution in [-0.2, 0) is 9.59 Å². The number of para-hydroxylation sites is 1. The molecule has 0 saturated carbocycles. The molecule has 0 spiro atoms. The molecule has 144 valence electrons. The fourth-order valence-electron chi connectivity index (χ4n) is 4.48. The molecule has 5 rings (SSSR count). The summed E-state index contributed by atoms with van der Waals surface area (Å²) < 4.78 is 14.4. The number of benzene rings is 2. The number of carbonyl (C=O) groups is 3. The predicted molar refractivity (Wildman–Crippen MR) is 104 cm³/mol. The number of allylic oxidation sites excluding steroid dienone is 1. The van der Waals surface area contributed by atoms with E-state index >= 15 is 0 Å². The number of fused-ring (bicyclic) bond motifs is 3. The fourth-order valence-corrected chi connectivity index (χ4v) is 4.48. The molecule has 3 aliphatic heterocycles. The zero-order valence-corrected chi connectivity index (χ0v) is 15.2. The molecule has 3 heterocycles. The molecule has 6 nitrogen and oxygen atoms in total. The monoisotopic (exact) mass is 389 g/mol. The van der Waals surface area contributed by atoms with E-state index in [1.54, 1.807) is 53.6 Å². The average Bonchev–Trinajstić information content (AvgIpc) is 3.22. The minimum atomic E-state index is -0.931. The van der Waals surface area contributed by atoms with Crippen molar-refractivity contribution in [1.29, 1.82) is 0 Å². The van der Waals surface area contributed by atoms with Crippen molar-refractivity contribution in [3.63, 3.8) is 0 Å². The van der Waals surface area contributed by atoms with Gasteiger partial charge in [-0.25, -0.2) is 9.29 Å². The van der Waals surface area contributed by atoms with Crippen LogP contribution >= 0.6 is 0 Å². The molecular formula is C22H16FN3O3. The minimum absolute atomic E-state index is 0.0855. The van der Waals surface area contributed by atoms with Crippen molar-refractivity contribution in [3.05, 3.63) is 78.1 Å². The molecule has 4 atom stereocenters. The largest absolute Gasteiger partial charge is 0.292 e. The van der Waals surface area contributed by atoms with Gasteiger partial charge in [0.05, 0.1) is 23.6 Å². The van der Waals surface area contributed by atoms with Gasteiger partial charge in [0.25, 0.3) is 0 Å². The topological polar surface area (TPSA) is 70.0 Å². The molecule has 2 amide bonds. The van der Waals surface area contributed by atoms with E-state index in [0.717, 1.165) is 4.90 Å². The predicted octanol–water partition coefficient (Wildman–Crippen LogP) is 2.42. The fraction of sp³-hybridized carbons (Fsp3) is 0.182. The molecule has 0 aromatic heterocycles. The third-order valence-electron chi connectivity index (χ3n) is 5.71. The Labute approximate surface area is 165 Å². The summed E-state index contributed by atoms with van der Waals surface area (Å²) in [6, 6.07) is 12.8. The summed E-state index contributed by atoms with van der Waals surface area (Å²) in [5, 5.41) is 5.83. The molecule has 7 heteroatoms. The molecule has 0 unspecified atom stereocenters. The van der Waals surface area contributed by atoms with Crippen LogP contribution in [0, 0.1) is 17.7 Å². The first-order chi connectivity index (χ1) is 14.1. The number of hydrogen-bond acceptors (Lipinski definition) is 5. The van der Waals surface area contributed by atoms with E-state index in [4.69, 9.17) is 0 Å². The van der Waals surface area contributed by atoms with Gasteiger partial charge in [0.15, 0.2) is 5.78 Å². The summed E-state index contributed by atoms with van der Waals surface area (Å²) in [4.78, 5) is 40.7. The lowest BCUT2D eigenvalue weighted by Gasteiger charge is -2.30. The summed E-state index contributed by atoms with van der Waals surface area (Å²) >= 11 is 0. The van der Waals surface area contributed by atoms with E-state index in [1.807, 2.05) is 0 Å². The van der Waals surface area contributed by atoms with Crippen molar-refractivity contribution >= 4 is 29.5 Å². The number of ketones is 1. The molecule has 2 saturated heterocycles. The van der Waals surface area contributed by atoms with Gasteiger partial charge in [0.2, 0.25) is 11.8 Å². The van der Waals surface area contributed by atoms with Gasteiger partial charge in [-0.15, -0.1) is 0 Å². The maximum Gasteiger partial charge on any atom is 0.240 e. The van der Waals surface area contributed by atoms with Crippen molar-refractivity contribution < 1.29 is 18.8 Å². The van der Waals surface area contributed by atoms with Gasteiger partial charge >= 0.3 is 0 Å². The Morgan fingerprint density at radius 2 is 1.62 bits per heavy atom.